The van der Waals surface area contributed by atoms with Crippen molar-refractivity contribution < 1.29 is 39.6 Å². The number of benzene rings is 1. The van der Waals surface area contributed by atoms with Crippen LogP contribution in [-0.4, -0.2) is 100.0 Å². The lowest BCUT2D eigenvalue weighted by molar-refractivity contribution is -0.153. The van der Waals surface area contributed by atoms with Crippen molar-refractivity contribution >= 4 is 29.1 Å². The number of hydrogen-bond acceptors (Lipinski definition) is 10. The van der Waals surface area contributed by atoms with Gasteiger partial charge < -0.3 is 36.4 Å². The van der Waals surface area contributed by atoms with Gasteiger partial charge in [-0.2, -0.15) is 0 Å². The van der Waals surface area contributed by atoms with Gasteiger partial charge in [0.1, 0.15) is 22.8 Å². The number of hydrogen-bond donors (Lipinski definition) is 6. The van der Waals surface area contributed by atoms with E-state index in [2.05, 4.69) is 5.32 Å². The first kappa shape index (κ1) is 29.2. The molecule has 3 aliphatic rings. The zero-order valence-electron chi connectivity index (χ0n) is 23.2. The van der Waals surface area contributed by atoms with E-state index in [-0.39, 0.29) is 48.7 Å². The number of aromatic hydroxyl groups is 1. The van der Waals surface area contributed by atoms with Gasteiger partial charge in [0.05, 0.1) is 18.2 Å². The minimum atomic E-state index is -2.69. The first-order valence-corrected chi connectivity index (χ1v) is 13.1. The molecule has 0 saturated heterocycles. The molecule has 7 N–H and O–H groups in total. The number of nitrogens with two attached hydrogens (primary N) is 1. The van der Waals surface area contributed by atoms with Gasteiger partial charge in [-0.15, -0.1) is 0 Å². The summed E-state index contributed by atoms with van der Waals surface area (Å²) in [6, 6.07) is 0.619. The van der Waals surface area contributed by atoms with Gasteiger partial charge in [0.25, 0.3) is 5.91 Å². The maximum Gasteiger partial charge on any atom is 0.255 e. The van der Waals surface area contributed by atoms with Gasteiger partial charge >= 0.3 is 0 Å². The number of aryl methyl sites for hydroxylation is 1. The molecule has 0 aromatic heterocycles. The Bertz CT molecular complexity index is 1380. The second-order valence-electron chi connectivity index (χ2n) is 11.2. The number of phenols is 1. The maximum atomic E-state index is 14.0. The summed E-state index contributed by atoms with van der Waals surface area (Å²) in [5, 5.41) is 48.1. The Morgan fingerprint density at radius 1 is 1.12 bits per heavy atom. The van der Waals surface area contributed by atoms with E-state index in [1.165, 1.54) is 4.90 Å². The largest absolute Gasteiger partial charge is 0.508 e. The lowest BCUT2D eigenvalue weighted by Gasteiger charge is -2.50. The lowest BCUT2D eigenvalue weighted by Crippen LogP contribution is -2.65. The molecule has 12 nitrogen and oxygen atoms in total. The summed E-state index contributed by atoms with van der Waals surface area (Å²) in [6.07, 6.45) is 0.777. The van der Waals surface area contributed by atoms with Gasteiger partial charge in [0.15, 0.2) is 11.4 Å². The van der Waals surface area contributed by atoms with E-state index in [0.29, 0.717) is 17.5 Å². The van der Waals surface area contributed by atoms with Crippen LogP contribution in [0.2, 0.25) is 0 Å². The molecular weight excluding hydrogens is 520 g/mol. The van der Waals surface area contributed by atoms with Crippen molar-refractivity contribution in [2.45, 2.75) is 44.4 Å². The van der Waals surface area contributed by atoms with E-state index in [1.54, 1.807) is 39.2 Å². The Labute approximate surface area is 231 Å². The summed E-state index contributed by atoms with van der Waals surface area (Å²) < 4.78 is 0. The van der Waals surface area contributed by atoms with Crippen LogP contribution in [0.4, 0.5) is 0 Å². The van der Waals surface area contributed by atoms with Crippen LogP contribution in [-0.2, 0) is 38.6 Å². The number of rotatable bonds is 7. The molecule has 4 atom stereocenters. The Morgan fingerprint density at radius 3 is 2.33 bits per heavy atom. The number of aliphatic hydroxyl groups excluding tert-OH is 2. The number of primary amides is 1. The number of amides is 2. The van der Waals surface area contributed by atoms with Crippen LogP contribution in [0.5, 0.6) is 5.75 Å². The molecule has 1 aromatic rings. The Hall–Kier alpha value is -3.74. The fourth-order valence-corrected chi connectivity index (χ4v) is 6.44. The molecule has 4 unspecified atom stereocenters. The third-order valence-corrected chi connectivity index (χ3v) is 8.21. The zero-order valence-corrected chi connectivity index (χ0v) is 23.2. The van der Waals surface area contributed by atoms with Crippen LogP contribution in [0.3, 0.4) is 0 Å². The van der Waals surface area contributed by atoms with Crippen molar-refractivity contribution in [2.24, 2.45) is 17.6 Å². The average Bonchev–Trinajstić information content (AvgIpc) is 2.85. The van der Waals surface area contributed by atoms with Crippen molar-refractivity contribution in [1.82, 2.24) is 15.1 Å². The molecule has 40 heavy (non-hydrogen) atoms. The van der Waals surface area contributed by atoms with Gasteiger partial charge in [0, 0.05) is 23.6 Å². The molecule has 2 amide bonds. The number of carbonyl (C=O) groups excluding carboxylic acids is 4. The summed E-state index contributed by atoms with van der Waals surface area (Å²) >= 11 is 0. The van der Waals surface area contributed by atoms with Crippen LogP contribution >= 0.6 is 0 Å². The summed E-state index contributed by atoms with van der Waals surface area (Å²) in [5.74, 6) is -7.17. The number of nitrogens with one attached hydrogen (secondary N) is 1. The predicted octanol–water partition coefficient (Wildman–Crippen LogP) is -0.296. The Kier molecular flexibility index (Phi) is 7.56. The molecule has 1 fully saturated rings. The van der Waals surface area contributed by atoms with Gasteiger partial charge in [0.2, 0.25) is 11.7 Å². The molecule has 1 aromatic carbocycles. The summed E-state index contributed by atoms with van der Waals surface area (Å²) in [6.45, 7) is 2.01. The zero-order chi connectivity index (χ0) is 29.8. The number of aliphatic hydroxyl groups is 3. The normalized spacial score (nSPS) is 26.1. The van der Waals surface area contributed by atoms with Crippen LogP contribution in [0.1, 0.15) is 35.6 Å². The van der Waals surface area contributed by atoms with E-state index < -0.39 is 58.0 Å². The predicted molar refractivity (Wildman–Crippen MR) is 144 cm³/mol. The number of likely N-dealkylation sites (N-methyl/N-ethyl adjacent to an activating group) is 2. The lowest BCUT2D eigenvalue weighted by atomic mass is 9.57. The van der Waals surface area contributed by atoms with E-state index >= 15 is 0 Å². The van der Waals surface area contributed by atoms with Crippen LogP contribution < -0.4 is 11.1 Å². The topological polar surface area (TPSA) is 194 Å². The fraction of sp³-hybridized carbons (Fsp3) is 0.500. The van der Waals surface area contributed by atoms with Crippen LogP contribution in [0.25, 0.3) is 5.76 Å². The van der Waals surface area contributed by atoms with Crippen molar-refractivity contribution in [3.05, 3.63) is 45.2 Å². The molecule has 0 aliphatic heterocycles. The van der Waals surface area contributed by atoms with E-state index in [1.807, 2.05) is 6.92 Å². The highest BCUT2D eigenvalue weighted by Gasteiger charge is 2.64. The summed E-state index contributed by atoms with van der Waals surface area (Å²) in [7, 11) is 6.60. The van der Waals surface area contributed by atoms with E-state index in [0.717, 1.165) is 5.56 Å². The standard InChI is InChI=1S/C28H36N4O8/c1-6-12-7-14(10-30-17(33)11-31(2)3)22(34)19-15(12)8-13-9-16-21(32(4)5)24(36)20(27(29)39)26(38)28(16,40)25(37)18(13)23(19)35/h7,13,16,21,34-35,38,40H,6,8-11H2,1-5H3,(H2,29,39)(H,30,33). The van der Waals surface area contributed by atoms with Crippen LogP contribution in [0, 0.1) is 11.8 Å². The van der Waals surface area contributed by atoms with Crippen molar-refractivity contribution in [3.63, 3.8) is 0 Å². The number of ketones is 2. The van der Waals surface area contributed by atoms with Crippen LogP contribution in [0.15, 0.2) is 23.0 Å². The monoisotopic (exact) mass is 556 g/mol. The highest BCUT2D eigenvalue weighted by Crippen LogP contribution is 2.53. The molecule has 0 radical (unpaired) electrons. The van der Waals surface area contributed by atoms with Crippen molar-refractivity contribution in [1.29, 1.82) is 0 Å². The molecule has 12 heteroatoms. The maximum absolute atomic E-state index is 14.0. The quantitative estimate of drug-likeness (QED) is 0.243. The van der Waals surface area contributed by atoms with E-state index in [4.69, 9.17) is 5.73 Å². The summed E-state index contributed by atoms with van der Waals surface area (Å²) in [4.78, 5) is 54.6. The molecule has 3 aliphatic carbocycles. The molecular formula is C28H36N4O8. The molecule has 1 saturated carbocycles. The average molecular weight is 557 g/mol. The molecule has 216 valence electrons. The van der Waals surface area contributed by atoms with Gasteiger partial charge in [-0.1, -0.05) is 13.0 Å². The van der Waals surface area contributed by atoms with E-state index in [9.17, 15) is 39.6 Å². The minimum absolute atomic E-state index is 0.0208. The fourth-order valence-electron chi connectivity index (χ4n) is 6.44. The van der Waals surface area contributed by atoms with Gasteiger partial charge in [-0.3, -0.25) is 24.1 Å². The number of Topliss-reactive ketones (excluding diaryl/α,β-unsaturated/α-hetero) is 2. The first-order chi connectivity index (χ1) is 18.7. The van der Waals surface area contributed by atoms with Crippen molar-refractivity contribution in [3.8, 4) is 5.75 Å². The highest BCUT2D eigenvalue weighted by molar-refractivity contribution is 6.24. The SMILES string of the molecule is CCc1cc(CNC(=O)CN(C)C)c(O)c2c1CC1CC3C(N(C)C)C(=O)C(C(N)=O)=C(O)C3(O)C(=O)C1=C2O. The summed E-state index contributed by atoms with van der Waals surface area (Å²) in [5.41, 5.74) is 3.38. The Balaban J connectivity index is 1.87. The highest BCUT2D eigenvalue weighted by atomic mass is 16.3. The third-order valence-electron chi connectivity index (χ3n) is 8.21. The Morgan fingerprint density at radius 2 is 1.77 bits per heavy atom. The molecule has 0 spiro atoms. The number of fused-ring (bicyclic) bond motifs is 3. The molecule has 0 bridgehead atoms. The second kappa shape index (κ2) is 10.3. The second-order valence-corrected chi connectivity index (χ2v) is 11.2. The third kappa shape index (κ3) is 4.36. The number of carbonyl (C=O) groups is 4. The van der Waals surface area contributed by atoms with Gasteiger partial charge in [-0.05, 0) is 64.5 Å². The first-order valence-electron chi connectivity index (χ1n) is 13.1. The number of nitrogens with zero attached hydrogens (tertiary/aromatic N) is 2. The van der Waals surface area contributed by atoms with Gasteiger partial charge in [-0.25, -0.2) is 0 Å². The molecule has 0 heterocycles. The minimum Gasteiger partial charge on any atom is -0.508 e. The van der Waals surface area contributed by atoms with Crippen molar-refractivity contribution in [2.75, 3.05) is 34.7 Å². The molecule has 4 rings (SSSR count). The smallest absolute Gasteiger partial charge is 0.255 e. The number of phenolic OH excluding ortho intramolecular Hbond substituents is 1.